The summed E-state index contributed by atoms with van der Waals surface area (Å²) >= 11 is 0. The minimum atomic E-state index is 0.571. The Balaban J connectivity index is 2.11. The molecule has 4 atom stereocenters. The molecule has 0 N–H and O–H groups in total. The number of fused-ring (bicyclic) bond motifs is 1. The maximum atomic E-state index is 2.57. The summed E-state index contributed by atoms with van der Waals surface area (Å²) in [5, 5.41) is 0. The van der Waals surface area contributed by atoms with E-state index in [0.29, 0.717) is 10.8 Å². The first-order chi connectivity index (χ1) is 6.98. The van der Waals surface area contributed by atoms with E-state index in [9.17, 15) is 0 Å². The van der Waals surface area contributed by atoms with Crippen molar-refractivity contribution in [1.29, 1.82) is 0 Å². The summed E-state index contributed by atoms with van der Waals surface area (Å²) < 4.78 is 0. The minimum Gasteiger partial charge on any atom is -0.0847 e. The molecule has 0 nitrogen and oxygen atoms in total. The Kier molecular flexibility index (Phi) is 1.79. The smallest absolute Gasteiger partial charge is 0.0146 e. The van der Waals surface area contributed by atoms with Crippen molar-refractivity contribution in [3.05, 3.63) is 11.6 Å². The van der Waals surface area contributed by atoms with Crippen molar-refractivity contribution in [2.45, 2.75) is 53.4 Å². The topological polar surface area (TPSA) is 0 Å². The van der Waals surface area contributed by atoms with E-state index in [-0.39, 0.29) is 0 Å². The second kappa shape index (κ2) is 2.70. The van der Waals surface area contributed by atoms with Crippen molar-refractivity contribution >= 4 is 0 Å². The summed E-state index contributed by atoms with van der Waals surface area (Å²) in [6.45, 7) is 9.94. The van der Waals surface area contributed by atoms with Gasteiger partial charge < -0.3 is 0 Å². The molecule has 0 aromatic carbocycles. The van der Waals surface area contributed by atoms with Crippen molar-refractivity contribution in [1.82, 2.24) is 0 Å². The lowest BCUT2D eigenvalue weighted by molar-refractivity contribution is 0.128. The van der Waals surface area contributed by atoms with Crippen molar-refractivity contribution in [2.24, 2.45) is 28.6 Å². The average Bonchev–Trinajstić information content (AvgIpc) is 2.57. The minimum absolute atomic E-state index is 0.571. The largest absolute Gasteiger partial charge is 0.0847 e. The SMILES string of the molecule is CC1=CC[C@@]23C[C@@H]1C(C)(C)[C@@H]2CC[C@H]3C. The molecule has 0 aromatic rings. The van der Waals surface area contributed by atoms with Gasteiger partial charge in [-0.2, -0.15) is 0 Å². The lowest BCUT2D eigenvalue weighted by atomic mass is 9.68. The normalized spacial score (nSPS) is 51.5. The number of hydrogen-bond donors (Lipinski definition) is 0. The quantitative estimate of drug-likeness (QED) is 0.513. The van der Waals surface area contributed by atoms with Gasteiger partial charge in [0.05, 0.1) is 0 Å². The molecule has 1 spiro atoms. The van der Waals surface area contributed by atoms with Gasteiger partial charge in [0.2, 0.25) is 0 Å². The Bertz CT molecular complexity index is 323. The van der Waals surface area contributed by atoms with Crippen LogP contribution in [-0.4, -0.2) is 0 Å². The van der Waals surface area contributed by atoms with Crippen molar-refractivity contribution in [2.75, 3.05) is 0 Å². The van der Waals surface area contributed by atoms with Crippen LogP contribution in [0, 0.1) is 28.6 Å². The number of allylic oxidation sites excluding steroid dienone is 2. The molecule has 0 saturated heterocycles. The molecule has 0 radical (unpaired) electrons. The third kappa shape index (κ3) is 0.990. The highest BCUT2D eigenvalue weighted by molar-refractivity contribution is 5.25. The molecule has 2 bridgehead atoms. The van der Waals surface area contributed by atoms with E-state index in [1.54, 1.807) is 5.57 Å². The van der Waals surface area contributed by atoms with Gasteiger partial charge in [-0.05, 0) is 61.2 Å². The molecule has 2 fully saturated rings. The Morgan fingerprint density at radius 1 is 1.27 bits per heavy atom. The molecule has 0 heteroatoms. The van der Waals surface area contributed by atoms with Crippen LogP contribution in [0.2, 0.25) is 0 Å². The van der Waals surface area contributed by atoms with Gasteiger partial charge in [-0.15, -0.1) is 0 Å². The second-order valence-corrected chi connectivity index (χ2v) is 6.99. The van der Waals surface area contributed by atoms with Crippen LogP contribution < -0.4 is 0 Å². The monoisotopic (exact) mass is 204 g/mol. The van der Waals surface area contributed by atoms with E-state index in [1.807, 2.05) is 0 Å². The molecule has 84 valence electrons. The predicted octanol–water partition coefficient (Wildman–Crippen LogP) is 4.42. The summed E-state index contributed by atoms with van der Waals surface area (Å²) in [5.74, 6) is 2.86. The molecule has 0 amide bonds. The fourth-order valence-corrected chi connectivity index (χ4v) is 5.35. The summed E-state index contributed by atoms with van der Waals surface area (Å²) in [5.41, 5.74) is 2.96. The lowest BCUT2D eigenvalue weighted by Gasteiger charge is -2.36. The first-order valence-corrected chi connectivity index (χ1v) is 6.65. The van der Waals surface area contributed by atoms with Crippen LogP contribution in [0.3, 0.4) is 0 Å². The maximum absolute atomic E-state index is 2.57. The fraction of sp³-hybridized carbons (Fsp3) is 0.867. The molecular weight excluding hydrogens is 180 g/mol. The van der Waals surface area contributed by atoms with Crippen molar-refractivity contribution in [3.63, 3.8) is 0 Å². The molecule has 0 unspecified atom stereocenters. The van der Waals surface area contributed by atoms with Gasteiger partial charge >= 0.3 is 0 Å². The highest BCUT2D eigenvalue weighted by Gasteiger charge is 2.62. The molecule has 3 rings (SSSR count). The van der Waals surface area contributed by atoms with Crippen molar-refractivity contribution < 1.29 is 0 Å². The van der Waals surface area contributed by atoms with Crippen LogP contribution in [0.4, 0.5) is 0 Å². The van der Waals surface area contributed by atoms with Gasteiger partial charge in [-0.25, -0.2) is 0 Å². The van der Waals surface area contributed by atoms with Crippen LogP contribution in [0.15, 0.2) is 11.6 Å². The van der Waals surface area contributed by atoms with Crippen molar-refractivity contribution in [3.8, 4) is 0 Å². The second-order valence-electron chi connectivity index (χ2n) is 6.99. The highest BCUT2D eigenvalue weighted by Crippen LogP contribution is 2.71. The maximum Gasteiger partial charge on any atom is -0.0146 e. The van der Waals surface area contributed by atoms with Crippen LogP contribution in [0.25, 0.3) is 0 Å². The zero-order valence-corrected chi connectivity index (χ0v) is 10.6. The van der Waals surface area contributed by atoms with Crippen LogP contribution in [0.5, 0.6) is 0 Å². The first kappa shape index (κ1) is 9.93. The molecule has 15 heavy (non-hydrogen) atoms. The van der Waals surface area contributed by atoms with Gasteiger partial charge in [-0.3, -0.25) is 0 Å². The highest BCUT2D eigenvalue weighted by atomic mass is 14.7. The molecule has 3 aliphatic rings. The molecule has 0 heterocycles. The van der Waals surface area contributed by atoms with Gasteiger partial charge in [0.25, 0.3) is 0 Å². The zero-order valence-electron chi connectivity index (χ0n) is 10.6. The Morgan fingerprint density at radius 3 is 2.73 bits per heavy atom. The molecule has 2 saturated carbocycles. The Labute approximate surface area is 94.1 Å². The summed E-state index contributed by atoms with van der Waals surface area (Å²) in [6.07, 6.45) is 8.41. The first-order valence-electron chi connectivity index (χ1n) is 6.65. The number of hydrogen-bond acceptors (Lipinski definition) is 0. The lowest BCUT2D eigenvalue weighted by Crippen LogP contribution is -2.30. The molecule has 0 aliphatic heterocycles. The molecule has 0 aromatic heterocycles. The van der Waals surface area contributed by atoms with E-state index in [2.05, 4.69) is 33.8 Å². The summed E-state index contributed by atoms with van der Waals surface area (Å²) in [4.78, 5) is 0. The van der Waals surface area contributed by atoms with Crippen LogP contribution >= 0.6 is 0 Å². The molecular formula is C15H24. The van der Waals surface area contributed by atoms with Gasteiger partial charge in [0.15, 0.2) is 0 Å². The standard InChI is InChI=1S/C15H24/c1-10-7-8-15-9-12(10)14(3,4)13(15)6-5-11(15)2/h7,11-13H,5-6,8-9H2,1-4H3/t11-,12+,13+,15+/m1/s1. The summed E-state index contributed by atoms with van der Waals surface area (Å²) in [6, 6.07) is 0. The van der Waals surface area contributed by atoms with E-state index in [4.69, 9.17) is 0 Å². The van der Waals surface area contributed by atoms with E-state index in [1.165, 1.54) is 25.7 Å². The van der Waals surface area contributed by atoms with E-state index < -0.39 is 0 Å². The van der Waals surface area contributed by atoms with Crippen LogP contribution in [0.1, 0.15) is 53.4 Å². The third-order valence-electron chi connectivity index (χ3n) is 6.30. The Hall–Kier alpha value is -0.260. The van der Waals surface area contributed by atoms with E-state index in [0.717, 1.165) is 17.8 Å². The molecule has 3 aliphatic carbocycles. The predicted molar refractivity (Wildman–Crippen MR) is 64.6 cm³/mol. The van der Waals surface area contributed by atoms with Gasteiger partial charge in [0.1, 0.15) is 0 Å². The third-order valence-corrected chi connectivity index (χ3v) is 6.30. The van der Waals surface area contributed by atoms with E-state index >= 15 is 0 Å². The zero-order chi connectivity index (χ0) is 10.8. The Morgan fingerprint density at radius 2 is 2.00 bits per heavy atom. The van der Waals surface area contributed by atoms with Gasteiger partial charge in [-0.1, -0.05) is 32.4 Å². The van der Waals surface area contributed by atoms with Crippen LogP contribution in [-0.2, 0) is 0 Å². The summed E-state index contributed by atoms with van der Waals surface area (Å²) in [7, 11) is 0. The average molecular weight is 204 g/mol. The number of rotatable bonds is 0. The fourth-order valence-electron chi connectivity index (χ4n) is 5.35. The van der Waals surface area contributed by atoms with Gasteiger partial charge in [0, 0.05) is 0 Å².